The Morgan fingerprint density at radius 2 is 1.90 bits per heavy atom. The third-order valence-corrected chi connectivity index (χ3v) is 3.63. The lowest BCUT2D eigenvalue weighted by Crippen LogP contribution is -2.44. The number of carbonyl (C=O) groups is 1. The Balaban J connectivity index is 2.73. The molecule has 1 amide bonds. The van der Waals surface area contributed by atoms with Crippen LogP contribution in [0.3, 0.4) is 0 Å². The fourth-order valence-corrected chi connectivity index (χ4v) is 1.89. The zero-order valence-corrected chi connectivity index (χ0v) is 13.5. The molecule has 0 aromatic heterocycles. The van der Waals surface area contributed by atoms with Crippen LogP contribution in [0.25, 0.3) is 0 Å². The molecular formula is C17H27NO2. The van der Waals surface area contributed by atoms with Crippen molar-refractivity contribution < 1.29 is 9.53 Å². The van der Waals surface area contributed by atoms with Crippen LogP contribution in [0, 0.1) is 19.8 Å². The minimum absolute atomic E-state index is 0.0336. The molecule has 3 nitrogen and oxygen atoms in total. The van der Waals surface area contributed by atoms with Gasteiger partial charge in [0.1, 0.15) is 5.75 Å². The van der Waals surface area contributed by atoms with Crippen molar-refractivity contribution in [3.63, 3.8) is 0 Å². The lowest BCUT2D eigenvalue weighted by molar-refractivity contribution is -0.129. The molecule has 112 valence electrons. The van der Waals surface area contributed by atoms with Crippen LogP contribution in [0.4, 0.5) is 0 Å². The quantitative estimate of drug-likeness (QED) is 0.862. The highest BCUT2D eigenvalue weighted by atomic mass is 16.5. The molecule has 0 saturated carbocycles. The Morgan fingerprint density at radius 3 is 2.40 bits per heavy atom. The predicted octanol–water partition coefficient (Wildman–Crippen LogP) is 3.62. The van der Waals surface area contributed by atoms with Gasteiger partial charge in [0.05, 0.1) is 0 Å². The molecule has 1 rings (SSSR count). The summed E-state index contributed by atoms with van der Waals surface area (Å²) >= 11 is 0. The van der Waals surface area contributed by atoms with Gasteiger partial charge in [-0.25, -0.2) is 0 Å². The summed E-state index contributed by atoms with van der Waals surface area (Å²) in [5.41, 5.74) is 2.26. The molecule has 1 aromatic rings. The Morgan fingerprint density at radius 1 is 1.25 bits per heavy atom. The number of hydrogen-bond acceptors (Lipinski definition) is 2. The van der Waals surface area contributed by atoms with Crippen LogP contribution in [0.5, 0.6) is 5.75 Å². The number of hydrogen-bond donors (Lipinski definition) is 1. The fraction of sp³-hybridized carbons (Fsp3) is 0.588. The second-order valence-electron chi connectivity index (χ2n) is 5.82. The number of aryl methyl sites for hydroxylation is 2. The predicted molar refractivity (Wildman–Crippen MR) is 83.1 cm³/mol. The molecule has 0 fully saturated rings. The Hall–Kier alpha value is -1.51. The van der Waals surface area contributed by atoms with Gasteiger partial charge in [-0.15, -0.1) is 0 Å². The van der Waals surface area contributed by atoms with Crippen molar-refractivity contribution in [1.29, 1.82) is 0 Å². The van der Waals surface area contributed by atoms with E-state index in [0.717, 1.165) is 11.3 Å². The fourth-order valence-electron chi connectivity index (χ4n) is 1.89. The van der Waals surface area contributed by atoms with Crippen molar-refractivity contribution in [1.82, 2.24) is 5.32 Å². The van der Waals surface area contributed by atoms with Gasteiger partial charge < -0.3 is 10.1 Å². The van der Waals surface area contributed by atoms with Gasteiger partial charge in [-0.2, -0.15) is 0 Å². The van der Waals surface area contributed by atoms with E-state index in [2.05, 4.69) is 25.2 Å². The molecule has 0 aliphatic heterocycles. The highest BCUT2D eigenvalue weighted by Gasteiger charge is 2.21. The average molecular weight is 277 g/mol. The minimum atomic E-state index is -0.433. The van der Waals surface area contributed by atoms with Gasteiger partial charge >= 0.3 is 0 Å². The van der Waals surface area contributed by atoms with Crippen LogP contribution in [-0.4, -0.2) is 18.1 Å². The van der Waals surface area contributed by atoms with E-state index in [1.165, 1.54) is 5.56 Å². The minimum Gasteiger partial charge on any atom is -0.480 e. The number of amides is 1. The topological polar surface area (TPSA) is 38.3 Å². The molecule has 0 aliphatic carbocycles. The summed E-state index contributed by atoms with van der Waals surface area (Å²) in [5.74, 6) is 1.17. The first-order valence-corrected chi connectivity index (χ1v) is 7.39. The number of ether oxygens (including phenoxy) is 1. The number of carbonyl (C=O) groups excluding carboxylic acids is 1. The normalized spacial score (nSPS) is 13.9. The van der Waals surface area contributed by atoms with E-state index < -0.39 is 6.10 Å². The monoisotopic (exact) mass is 277 g/mol. The van der Waals surface area contributed by atoms with E-state index >= 15 is 0 Å². The first-order valence-electron chi connectivity index (χ1n) is 7.39. The largest absolute Gasteiger partial charge is 0.480 e. The molecule has 2 atom stereocenters. The Kier molecular flexibility index (Phi) is 6.05. The van der Waals surface area contributed by atoms with E-state index in [1.807, 2.05) is 39.8 Å². The molecule has 0 radical (unpaired) electrons. The molecule has 0 heterocycles. The molecule has 0 saturated heterocycles. The molecule has 20 heavy (non-hydrogen) atoms. The van der Waals surface area contributed by atoms with E-state index in [0.29, 0.717) is 12.3 Å². The van der Waals surface area contributed by atoms with Crippen molar-refractivity contribution in [2.75, 3.05) is 0 Å². The second kappa shape index (κ2) is 7.32. The molecule has 0 bridgehead atoms. The average Bonchev–Trinajstić information content (AvgIpc) is 2.37. The molecular weight excluding hydrogens is 250 g/mol. The first-order chi connectivity index (χ1) is 9.35. The zero-order chi connectivity index (χ0) is 15.3. The zero-order valence-electron chi connectivity index (χ0n) is 13.5. The lowest BCUT2D eigenvalue weighted by atomic mass is 10.1. The van der Waals surface area contributed by atoms with Gasteiger partial charge in [0.2, 0.25) is 0 Å². The standard InChI is InChI=1S/C17H27NO2/c1-7-15(17(19)18-14(6)11(2)3)20-16-9-8-12(4)10-13(16)5/h8-11,14-15H,7H2,1-6H3,(H,18,19)/t14-,15+/m1/s1. The van der Waals surface area contributed by atoms with Crippen molar-refractivity contribution in [2.24, 2.45) is 5.92 Å². The summed E-state index contributed by atoms with van der Waals surface area (Å²) in [6.45, 7) is 12.2. The Bertz CT molecular complexity index is 454. The summed E-state index contributed by atoms with van der Waals surface area (Å²) in [4.78, 5) is 12.2. The van der Waals surface area contributed by atoms with E-state index in [-0.39, 0.29) is 11.9 Å². The number of rotatable bonds is 6. The van der Waals surface area contributed by atoms with Crippen LogP contribution in [0.2, 0.25) is 0 Å². The number of benzene rings is 1. The van der Waals surface area contributed by atoms with Gasteiger partial charge in [0.25, 0.3) is 5.91 Å². The summed E-state index contributed by atoms with van der Waals surface area (Å²) in [6.07, 6.45) is 0.224. The van der Waals surface area contributed by atoms with Gasteiger partial charge in [0.15, 0.2) is 6.10 Å². The van der Waals surface area contributed by atoms with Crippen LogP contribution in [0.1, 0.15) is 45.2 Å². The number of nitrogens with one attached hydrogen (secondary N) is 1. The van der Waals surface area contributed by atoms with Crippen LogP contribution in [-0.2, 0) is 4.79 Å². The summed E-state index contributed by atoms with van der Waals surface area (Å²) in [7, 11) is 0. The lowest BCUT2D eigenvalue weighted by Gasteiger charge is -2.23. The van der Waals surface area contributed by atoms with Crippen LogP contribution < -0.4 is 10.1 Å². The van der Waals surface area contributed by atoms with Gasteiger partial charge in [-0.1, -0.05) is 38.5 Å². The van der Waals surface area contributed by atoms with Gasteiger partial charge in [-0.3, -0.25) is 4.79 Å². The smallest absolute Gasteiger partial charge is 0.261 e. The van der Waals surface area contributed by atoms with Crippen molar-refractivity contribution >= 4 is 5.91 Å². The third-order valence-electron chi connectivity index (χ3n) is 3.63. The third kappa shape index (κ3) is 4.55. The van der Waals surface area contributed by atoms with E-state index in [9.17, 15) is 4.79 Å². The van der Waals surface area contributed by atoms with Crippen molar-refractivity contribution in [2.45, 2.75) is 60.1 Å². The van der Waals surface area contributed by atoms with E-state index in [4.69, 9.17) is 4.74 Å². The summed E-state index contributed by atoms with van der Waals surface area (Å²) in [5, 5.41) is 3.02. The van der Waals surface area contributed by atoms with Gasteiger partial charge in [0, 0.05) is 6.04 Å². The van der Waals surface area contributed by atoms with Crippen LogP contribution in [0.15, 0.2) is 18.2 Å². The molecule has 1 aromatic carbocycles. The molecule has 3 heteroatoms. The molecule has 0 spiro atoms. The SMILES string of the molecule is CC[C@H](Oc1ccc(C)cc1C)C(=O)N[C@H](C)C(C)C. The maximum absolute atomic E-state index is 12.2. The maximum atomic E-state index is 12.2. The second-order valence-corrected chi connectivity index (χ2v) is 5.82. The van der Waals surface area contributed by atoms with Crippen molar-refractivity contribution in [3.05, 3.63) is 29.3 Å². The maximum Gasteiger partial charge on any atom is 0.261 e. The summed E-state index contributed by atoms with van der Waals surface area (Å²) < 4.78 is 5.88. The highest BCUT2D eigenvalue weighted by Crippen LogP contribution is 2.21. The highest BCUT2D eigenvalue weighted by molar-refractivity contribution is 5.81. The first kappa shape index (κ1) is 16.5. The molecule has 0 unspecified atom stereocenters. The Labute approximate surface area is 122 Å². The van der Waals surface area contributed by atoms with E-state index in [1.54, 1.807) is 0 Å². The summed E-state index contributed by atoms with van der Waals surface area (Å²) in [6, 6.07) is 6.16. The molecule has 1 N–H and O–H groups in total. The van der Waals surface area contributed by atoms with Crippen LogP contribution >= 0.6 is 0 Å². The van der Waals surface area contributed by atoms with Gasteiger partial charge in [-0.05, 0) is 44.7 Å². The van der Waals surface area contributed by atoms with Crippen molar-refractivity contribution in [3.8, 4) is 5.75 Å². The molecule has 0 aliphatic rings.